The minimum absolute atomic E-state index is 0.501. The molecule has 0 radical (unpaired) electrons. The zero-order chi connectivity index (χ0) is 11.1. The van der Waals surface area contributed by atoms with E-state index in [9.17, 15) is 5.11 Å². The van der Waals surface area contributed by atoms with E-state index in [4.69, 9.17) is 4.74 Å². The van der Waals surface area contributed by atoms with Crippen molar-refractivity contribution in [1.82, 2.24) is 10.3 Å². The van der Waals surface area contributed by atoms with Gasteiger partial charge in [0.1, 0.15) is 0 Å². The number of aromatic nitrogens is 1. The highest BCUT2D eigenvalue weighted by molar-refractivity contribution is 9.10. The van der Waals surface area contributed by atoms with Crippen LogP contribution in [0.3, 0.4) is 0 Å². The molecule has 0 spiro atoms. The molecule has 0 bridgehead atoms. The average Bonchev–Trinajstić information content (AvgIpc) is 2.24. The first-order valence-electron chi connectivity index (χ1n) is 4.72. The fourth-order valence-electron chi connectivity index (χ4n) is 1.14. The Balaban J connectivity index is 2.36. The first-order chi connectivity index (χ1) is 7.24. The highest BCUT2D eigenvalue weighted by Gasteiger charge is 2.07. The molecule has 2 N–H and O–H groups in total. The maximum absolute atomic E-state index is 9.78. The normalized spacial score (nSPS) is 12.7. The lowest BCUT2D eigenvalue weighted by molar-refractivity contribution is 0.161. The molecule has 1 atom stereocenters. The first-order valence-corrected chi connectivity index (χ1v) is 5.51. The van der Waals surface area contributed by atoms with Crippen LogP contribution in [0.2, 0.25) is 0 Å². The van der Waals surface area contributed by atoms with Crippen LogP contribution in [0.15, 0.2) is 22.9 Å². The molecule has 1 aromatic heterocycles. The largest absolute Gasteiger partial charge is 0.387 e. The molecular weight excluding hydrogens is 260 g/mol. The summed E-state index contributed by atoms with van der Waals surface area (Å²) in [5.74, 6) is 0. The van der Waals surface area contributed by atoms with Gasteiger partial charge in [0, 0.05) is 42.6 Å². The third-order valence-corrected chi connectivity index (χ3v) is 2.37. The second kappa shape index (κ2) is 6.90. The van der Waals surface area contributed by atoms with Crippen molar-refractivity contribution in [3.05, 3.63) is 28.5 Å². The summed E-state index contributed by atoms with van der Waals surface area (Å²) in [5.41, 5.74) is 0.800. The molecule has 0 aromatic carbocycles. The Morgan fingerprint density at radius 3 is 3.07 bits per heavy atom. The Morgan fingerprint density at radius 2 is 2.40 bits per heavy atom. The van der Waals surface area contributed by atoms with Crippen LogP contribution in [-0.4, -0.2) is 36.9 Å². The van der Waals surface area contributed by atoms with Crippen LogP contribution < -0.4 is 5.32 Å². The summed E-state index contributed by atoms with van der Waals surface area (Å²) in [6.45, 7) is 1.87. The number of aliphatic hydroxyl groups is 1. The van der Waals surface area contributed by atoms with Gasteiger partial charge in [-0.25, -0.2) is 0 Å². The quantitative estimate of drug-likeness (QED) is 0.764. The Kier molecular flexibility index (Phi) is 5.78. The van der Waals surface area contributed by atoms with E-state index in [-0.39, 0.29) is 0 Å². The third kappa shape index (κ3) is 4.70. The molecule has 1 rings (SSSR count). The number of halogens is 1. The third-order valence-electron chi connectivity index (χ3n) is 1.93. The molecule has 1 unspecified atom stereocenters. The van der Waals surface area contributed by atoms with Crippen molar-refractivity contribution in [2.45, 2.75) is 6.10 Å². The summed E-state index contributed by atoms with van der Waals surface area (Å²) in [4.78, 5) is 3.99. The predicted octanol–water partition coefficient (Wildman–Crippen LogP) is 1.11. The number of rotatable bonds is 6. The molecule has 84 valence electrons. The van der Waals surface area contributed by atoms with Crippen molar-refractivity contribution < 1.29 is 9.84 Å². The summed E-state index contributed by atoms with van der Waals surface area (Å²) in [6, 6.07) is 1.86. The van der Waals surface area contributed by atoms with Crippen molar-refractivity contribution >= 4 is 15.9 Å². The standard InChI is InChI=1S/C10H15BrN2O2/c1-15-3-2-12-7-10(14)8-4-9(11)6-13-5-8/h4-6,10,12,14H,2-3,7H2,1H3. The number of methoxy groups -OCH3 is 1. The molecular formula is C10H15BrN2O2. The van der Waals surface area contributed by atoms with Gasteiger partial charge in [0.25, 0.3) is 0 Å². The summed E-state index contributed by atoms with van der Waals surface area (Å²) < 4.78 is 5.76. The van der Waals surface area contributed by atoms with Gasteiger partial charge in [-0.05, 0) is 22.0 Å². The number of hydrogen-bond donors (Lipinski definition) is 2. The smallest absolute Gasteiger partial charge is 0.0929 e. The Hall–Kier alpha value is -0.490. The molecule has 0 fully saturated rings. The van der Waals surface area contributed by atoms with E-state index in [0.717, 1.165) is 16.6 Å². The van der Waals surface area contributed by atoms with Crippen LogP contribution >= 0.6 is 15.9 Å². The van der Waals surface area contributed by atoms with Gasteiger partial charge >= 0.3 is 0 Å². The molecule has 0 aliphatic carbocycles. The minimum Gasteiger partial charge on any atom is -0.387 e. The van der Waals surface area contributed by atoms with Gasteiger partial charge in [0.15, 0.2) is 0 Å². The van der Waals surface area contributed by atoms with Crippen molar-refractivity contribution in [3.8, 4) is 0 Å². The molecule has 0 aliphatic heterocycles. The number of hydrogen-bond acceptors (Lipinski definition) is 4. The summed E-state index contributed by atoms with van der Waals surface area (Å²) in [5, 5.41) is 12.9. The lowest BCUT2D eigenvalue weighted by Gasteiger charge is -2.11. The van der Waals surface area contributed by atoms with Gasteiger partial charge in [0.05, 0.1) is 12.7 Å². The molecule has 1 heterocycles. The second-order valence-electron chi connectivity index (χ2n) is 3.15. The number of pyridine rings is 1. The topological polar surface area (TPSA) is 54.4 Å². The van der Waals surface area contributed by atoms with Crippen molar-refractivity contribution in [1.29, 1.82) is 0 Å². The Morgan fingerprint density at radius 1 is 1.60 bits per heavy atom. The summed E-state index contributed by atoms with van der Waals surface area (Å²) >= 11 is 3.31. The minimum atomic E-state index is -0.535. The molecule has 5 heteroatoms. The zero-order valence-electron chi connectivity index (χ0n) is 8.61. The number of aliphatic hydroxyl groups excluding tert-OH is 1. The predicted molar refractivity (Wildman–Crippen MR) is 61.6 cm³/mol. The number of nitrogens with one attached hydrogen (secondary N) is 1. The highest BCUT2D eigenvalue weighted by atomic mass is 79.9. The molecule has 1 aromatic rings. The maximum atomic E-state index is 9.78. The van der Waals surface area contributed by atoms with Crippen LogP contribution in [0.25, 0.3) is 0 Å². The van der Waals surface area contributed by atoms with Gasteiger partial charge in [0.2, 0.25) is 0 Å². The van der Waals surface area contributed by atoms with Gasteiger partial charge in [-0.3, -0.25) is 4.98 Å². The molecule has 0 aliphatic rings. The van der Waals surface area contributed by atoms with E-state index in [2.05, 4.69) is 26.2 Å². The van der Waals surface area contributed by atoms with Crippen LogP contribution in [-0.2, 0) is 4.74 Å². The lowest BCUT2D eigenvalue weighted by atomic mass is 10.1. The summed E-state index contributed by atoms with van der Waals surface area (Å²) in [7, 11) is 1.65. The number of nitrogens with zero attached hydrogens (tertiary/aromatic N) is 1. The first kappa shape index (κ1) is 12.6. The molecule has 0 saturated heterocycles. The van der Waals surface area contributed by atoms with Gasteiger partial charge < -0.3 is 15.2 Å². The van der Waals surface area contributed by atoms with Crippen molar-refractivity contribution in [2.24, 2.45) is 0 Å². The van der Waals surface area contributed by atoms with Crippen LogP contribution in [0.4, 0.5) is 0 Å². The zero-order valence-corrected chi connectivity index (χ0v) is 10.2. The van der Waals surface area contributed by atoms with Gasteiger partial charge in [-0.2, -0.15) is 0 Å². The number of ether oxygens (including phenoxy) is 1. The van der Waals surface area contributed by atoms with E-state index in [1.807, 2.05) is 6.07 Å². The monoisotopic (exact) mass is 274 g/mol. The fraction of sp³-hybridized carbons (Fsp3) is 0.500. The van der Waals surface area contributed by atoms with Crippen molar-refractivity contribution in [3.63, 3.8) is 0 Å². The fourth-order valence-corrected chi connectivity index (χ4v) is 1.52. The molecule has 0 amide bonds. The maximum Gasteiger partial charge on any atom is 0.0929 e. The molecule has 4 nitrogen and oxygen atoms in total. The van der Waals surface area contributed by atoms with Crippen LogP contribution in [0.5, 0.6) is 0 Å². The summed E-state index contributed by atoms with van der Waals surface area (Å²) in [6.07, 6.45) is 2.81. The average molecular weight is 275 g/mol. The molecule has 15 heavy (non-hydrogen) atoms. The van der Waals surface area contributed by atoms with Crippen LogP contribution in [0, 0.1) is 0 Å². The van der Waals surface area contributed by atoms with Crippen LogP contribution in [0.1, 0.15) is 11.7 Å². The van der Waals surface area contributed by atoms with E-state index in [1.165, 1.54) is 0 Å². The van der Waals surface area contributed by atoms with E-state index in [1.54, 1.807) is 19.5 Å². The molecule has 0 saturated carbocycles. The highest BCUT2D eigenvalue weighted by Crippen LogP contribution is 2.15. The lowest BCUT2D eigenvalue weighted by Crippen LogP contribution is -2.25. The Labute approximate surface area is 97.8 Å². The van der Waals surface area contributed by atoms with Gasteiger partial charge in [-0.15, -0.1) is 0 Å². The second-order valence-corrected chi connectivity index (χ2v) is 4.06. The Bertz CT molecular complexity index is 297. The van der Waals surface area contributed by atoms with E-state index >= 15 is 0 Å². The van der Waals surface area contributed by atoms with Gasteiger partial charge in [-0.1, -0.05) is 0 Å². The van der Waals surface area contributed by atoms with E-state index < -0.39 is 6.10 Å². The SMILES string of the molecule is COCCNCC(O)c1cncc(Br)c1. The van der Waals surface area contributed by atoms with Crippen molar-refractivity contribution in [2.75, 3.05) is 26.8 Å². The van der Waals surface area contributed by atoms with E-state index in [0.29, 0.717) is 13.2 Å².